The number of likely N-dealkylation sites (N-methyl/N-ethyl adjacent to an activating group) is 1. The number of carbonyl (C=O) groups is 1. The van der Waals surface area contributed by atoms with Crippen LogP contribution in [0.2, 0.25) is 0 Å². The smallest absolute Gasteiger partial charge is 0.258 e. The van der Waals surface area contributed by atoms with E-state index >= 15 is 0 Å². The number of benzene rings is 2. The van der Waals surface area contributed by atoms with Crippen molar-refractivity contribution in [2.24, 2.45) is 0 Å². The number of halogens is 1. The first-order valence-corrected chi connectivity index (χ1v) is 11.5. The van der Waals surface area contributed by atoms with Gasteiger partial charge in [0.25, 0.3) is 5.91 Å². The van der Waals surface area contributed by atoms with Crippen LogP contribution in [0, 0.1) is 19.7 Å². The van der Waals surface area contributed by atoms with E-state index in [0.717, 1.165) is 49.2 Å². The monoisotopic (exact) mass is 443 g/mol. The van der Waals surface area contributed by atoms with E-state index < -0.39 is 0 Å². The third-order valence-electron chi connectivity index (χ3n) is 6.31. The zero-order chi connectivity index (χ0) is 23.4. The van der Waals surface area contributed by atoms with Crippen LogP contribution in [0.15, 0.2) is 30.3 Å². The quantitative estimate of drug-likeness (QED) is 0.520. The Morgan fingerprint density at radius 1 is 1.19 bits per heavy atom. The maximum Gasteiger partial charge on any atom is 0.258 e. The van der Waals surface area contributed by atoms with Crippen molar-refractivity contribution in [3.05, 3.63) is 52.8 Å². The van der Waals surface area contributed by atoms with Crippen LogP contribution in [0.5, 0.6) is 5.75 Å². The molecule has 1 aliphatic rings. The van der Waals surface area contributed by atoms with Crippen LogP contribution in [-0.4, -0.2) is 57.7 Å². The molecule has 1 amide bonds. The number of anilines is 2. The van der Waals surface area contributed by atoms with E-state index in [0.29, 0.717) is 29.6 Å². The first kappa shape index (κ1) is 24.1. The van der Waals surface area contributed by atoms with Gasteiger partial charge in [-0.15, -0.1) is 0 Å². The van der Waals surface area contributed by atoms with Crippen molar-refractivity contribution < 1.29 is 15.3 Å². The van der Waals surface area contributed by atoms with E-state index in [-0.39, 0.29) is 13.2 Å². The van der Waals surface area contributed by atoms with Crippen LogP contribution in [-0.2, 0) is 0 Å². The third-order valence-corrected chi connectivity index (χ3v) is 6.31. The maximum atomic E-state index is 15.0. The standard InChI is InChI=1S/C26H36FN3O2.H2/c1-7-8-13-32-25-18(2)14-20(15-19(25)3)26(31)29(6)21-9-10-24(23(27)16-21)30-12-11-22(17-30)28(4)5;/h9-10,14-16,22H,7-8,11-13,17H2,1-6H3;1H. The maximum absolute atomic E-state index is 15.0. The summed E-state index contributed by atoms with van der Waals surface area (Å²) in [7, 11) is 5.80. The molecule has 0 bridgehead atoms. The fourth-order valence-electron chi connectivity index (χ4n) is 4.27. The second-order valence-electron chi connectivity index (χ2n) is 8.99. The molecule has 0 radical (unpaired) electrons. The van der Waals surface area contributed by atoms with Crippen molar-refractivity contribution in [2.45, 2.75) is 46.1 Å². The summed E-state index contributed by atoms with van der Waals surface area (Å²) in [6.45, 7) is 8.35. The Bertz CT molecular complexity index is 944. The summed E-state index contributed by atoms with van der Waals surface area (Å²) in [4.78, 5) is 18.9. The number of hydrogen-bond acceptors (Lipinski definition) is 4. The molecular weight excluding hydrogens is 405 g/mol. The minimum absolute atomic E-state index is 0. The van der Waals surface area contributed by atoms with E-state index in [1.54, 1.807) is 13.1 Å². The van der Waals surface area contributed by atoms with Crippen LogP contribution < -0.4 is 14.5 Å². The fraction of sp³-hybridized carbons (Fsp3) is 0.500. The summed E-state index contributed by atoms with van der Waals surface area (Å²) in [6, 6.07) is 9.19. The van der Waals surface area contributed by atoms with Crippen LogP contribution in [0.1, 0.15) is 49.1 Å². The molecule has 1 unspecified atom stereocenters. The Balaban J connectivity index is 0.00000385. The van der Waals surface area contributed by atoms with Crippen molar-refractivity contribution in [1.29, 1.82) is 0 Å². The Kier molecular flexibility index (Phi) is 7.77. The second kappa shape index (κ2) is 10.3. The van der Waals surface area contributed by atoms with Gasteiger partial charge >= 0.3 is 0 Å². The summed E-state index contributed by atoms with van der Waals surface area (Å²) >= 11 is 0. The van der Waals surface area contributed by atoms with Gasteiger partial charge in [-0.1, -0.05) is 13.3 Å². The predicted molar refractivity (Wildman–Crippen MR) is 132 cm³/mol. The highest BCUT2D eigenvalue weighted by Gasteiger charge is 2.26. The summed E-state index contributed by atoms with van der Waals surface area (Å²) < 4.78 is 20.9. The highest BCUT2D eigenvalue weighted by Crippen LogP contribution is 2.30. The molecule has 1 saturated heterocycles. The van der Waals surface area contributed by atoms with Crippen molar-refractivity contribution >= 4 is 17.3 Å². The Hall–Kier alpha value is -2.60. The zero-order valence-corrected chi connectivity index (χ0v) is 20.2. The van der Waals surface area contributed by atoms with Gasteiger partial charge in [0.15, 0.2) is 0 Å². The Labute approximate surface area is 193 Å². The van der Waals surface area contributed by atoms with Crippen LogP contribution in [0.25, 0.3) is 0 Å². The normalized spacial score (nSPS) is 16.0. The number of rotatable bonds is 8. The first-order valence-electron chi connectivity index (χ1n) is 11.5. The van der Waals surface area contributed by atoms with Gasteiger partial charge in [-0.3, -0.25) is 4.79 Å². The average Bonchev–Trinajstić information content (AvgIpc) is 3.24. The summed E-state index contributed by atoms with van der Waals surface area (Å²) in [5.74, 6) is 0.376. The zero-order valence-electron chi connectivity index (χ0n) is 20.2. The summed E-state index contributed by atoms with van der Waals surface area (Å²) in [5.41, 5.74) is 3.58. The van der Waals surface area contributed by atoms with E-state index in [9.17, 15) is 9.18 Å². The van der Waals surface area contributed by atoms with Gasteiger partial charge in [-0.05, 0) is 82.2 Å². The molecule has 3 rings (SSSR count). The van der Waals surface area contributed by atoms with Gasteiger partial charge in [0.05, 0.1) is 12.3 Å². The molecule has 2 aromatic rings. The van der Waals surface area contributed by atoms with E-state index in [1.165, 1.54) is 11.0 Å². The minimum atomic E-state index is -0.298. The Morgan fingerprint density at radius 3 is 2.44 bits per heavy atom. The highest BCUT2D eigenvalue weighted by atomic mass is 19.1. The van der Waals surface area contributed by atoms with Gasteiger partial charge in [-0.25, -0.2) is 4.39 Å². The second-order valence-corrected chi connectivity index (χ2v) is 8.99. The number of unbranched alkanes of at least 4 members (excludes halogenated alkanes) is 1. The molecule has 0 aromatic heterocycles. The molecule has 1 aliphatic heterocycles. The Morgan fingerprint density at radius 2 is 1.88 bits per heavy atom. The molecule has 1 heterocycles. The van der Waals surface area contributed by atoms with Crippen LogP contribution >= 0.6 is 0 Å². The molecule has 6 heteroatoms. The number of amides is 1. The van der Waals surface area contributed by atoms with Gasteiger partial charge in [0.2, 0.25) is 0 Å². The largest absolute Gasteiger partial charge is 0.493 e. The molecule has 5 nitrogen and oxygen atoms in total. The van der Waals surface area contributed by atoms with E-state index in [1.807, 2.05) is 32.0 Å². The number of carbonyl (C=O) groups excluding carboxylic acids is 1. The molecule has 2 aromatic carbocycles. The first-order chi connectivity index (χ1) is 15.2. The highest BCUT2D eigenvalue weighted by molar-refractivity contribution is 6.06. The third kappa shape index (κ3) is 5.23. The average molecular weight is 444 g/mol. The molecule has 0 saturated carbocycles. The SMILES string of the molecule is CCCCOc1c(C)cc(C(=O)N(C)c2ccc(N3CCC(N(C)C)C3)c(F)c2)cc1C.[HH]. The van der Waals surface area contributed by atoms with Crippen molar-refractivity contribution in [3.63, 3.8) is 0 Å². The predicted octanol–water partition coefficient (Wildman–Crippen LogP) is 5.28. The number of aryl methyl sites for hydroxylation is 2. The van der Waals surface area contributed by atoms with E-state index in [4.69, 9.17) is 4.74 Å². The van der Waals surface area contributed by atoms with Crippen LogP contribution in [0.3, 0.4) is 0 Å². The van der Waals surface area contributed by atoms with Crippen LogP contribution in [0.4, 0.5) is 15.8 Å². The van der Waals surface area contributed by atoms with Gasteiger partial charge < -0.3 is 19.4 Å². The van der Waals surface area contributed by atoms with Crippen molar-refractivity contribution in [3.8, 4) is 5.75 Å². The lowest BCUT2D eigenvalue weighted by atomic mass is 10.0. The lowest BCUT2D eigenvalue weighted by Crippen LogP contribution is -2.31. The summed E-state index contributed by atoms with van der Waals surface area (Å²) in [5, 5.41) is 0. The molecule has 32 heavy (non-hydrogen) atoms. The lowest BCUT2D eigenvalue weighted by Gasteiger charge is -2.24. The lowest BCUT2D eigenvalue weighted by molar-refractivity contribution is 0.0992. The number of hydrogen-bond donors (Lipinski definition) is 0. The topological polar surface area (TPSA) is 36.0 Å². The molecule has 0 spiro atoms. The van der Waals surface area contributed by atoms with Gasteiger partial charge in [0.1, 0.15) is 11.6 Å². The van der Waals surface area contributed by atoms with E-state index in [2.05, 4.69) is 30.8 Å². The summed E-state index contributed by atoms with van der Waals surface area (Å²) in [6.07, 6.45) is 3.09. The minimum Gasteiger partial charge on any atom is -0.493 e. The molecule has 0 N–H and O–H groups in total. The molecule has 1 fully saturated rings. The van der Waals surface area contributed by atoms with Crippen molar-refractivity contribution in [2.75, 3.05) is 50.6 Å². The molecular formula is C26H38FN3O2. The molecule has 0 aliphatic carbocycles. The molecule has 176 valence electrons. The molecule has 1 atom stereocenters. The van der Waals surface area contributed by atoms with Crippen molar-refractivity contribution in [1.82, 2.24) is 4.90 Å². The van der Waals surface area contributed by atoms with Gasteiger partial charge in [0, 0.05) is 38.9 Å². The fourth-order valence-corrected chi connectivity index (χ4v) is 4.27. The number of nitrogens with zero attached hydrogens (tertiary/aromatic N) is 3. The van der Waals surface area contributed by atoms with Gasteiger partial charge in [-0.2, -0.15) is 0 Å². The number of ether oxygens (including phenoxy) is 1.